The van der Waals surface area contributed by atoms with Crippen LogP contribution in [0.15, 0.2) is 48.5 Å². The monoisotopic (exact) mass is 408 g/mol. The number of ether oxygens (including phenoxy) is 1. The molecule has 0 saturated heterocycles. The van der Waals surface area contributed by atoms with Crippen LogP contribution in [0.25, 0.3) is 0 Å². The number of amides is 2. The van der Waals surface area contributed by atoms with E-state index in [-0.39, 0.29) is 25.0 Å². The summed E-state index contributed by atoms with van der Waals surface area (Å²) in [5.41, 5.74) is 0.765. The Balaban J connectivity index is 2.19. The summed E-state index contributed by atoms with van der Waals surface area (Å²) in [6, 6.07) is 13.4. The van der Waals surface area contributed by atoms with Crippen molar-refractivity contribution in [3.63, 3.8) is 0 Å². The van der Waals surface area contributed by atoms with Gasteiger partial charge in [-0.05, 0) is 42.3 Å². The first-order valence-electron chi connectivity index (χ1n) is 8.59. The summed E-state index contributed by atoms with van der Waals surface area (Å²) >= 11 is 12.1. The number of rotatable bonds is 8. The Kier molecular flexibility index (Phi) is 7.95. The summed E-state index contributed by atoms with van der Waals surface area (Å²) in [6.07, 6.45) is 0.469. The average Bonchev–Trinajstić information content (AvgIpc) is 2.68. The third-order valence-corrected chi connectivity index (χ3v) is 4.73. The fraction of sp³-hybridized carbons (Fsp3) is 0.300. The molecule has 0 aliphatic carbocycles. The van der Waals surface area contributed by atoms with Crippen molar-refractivity contribution in [1.29, 1.82) is 0 Å². The first-order valence-corrected chi connectivity index (χ1v) is 9.34. The molecule has 7 heteroatoms. The molecule has 0 aliphatic heterocycles. The summed E-state index contributed by atoms with van der Waals surface area (Å²) < 4.78 is 5.57. The van der Waals surface area contributed by atoms with Gasteiger partial charge in [0.15, 0.2) is 6.61 Å². The SMILES string of the molecule is CC[C@@H](C(=O)NC)N(Cc1ccccc1Cl)C(=O)COc1ccc(Cl)cc1. The molecular weight excluding hydrogens is 387 g/mol. The number of hydrogen-bond donors (Lipinski definition) is 1. The van der Waals surface area contributed by atoms with Crippen LogP contribution < -0.4 is 10.1 Å². The molecule has 0 spiro atoms. The van der Waals surface area contributed by atoms with E-state index in [1.165, 1.54) is 4.90 Å². The van der Waals surface area contributed by atoms with Crippen LogP contribution in [-0.4, -0.2) is 36.4 Å². The van der Waals surface area contributed by atoms with E-state index in [2.05, 4.69) is 5.32 Å². The predicted molar refractivity (Wildman–Crippen MR) is 107 cm³/mol. The number of nitrogens with one attached hydrogen (secondary N) is 1. The molecule has 0 radical (unpaired) electrons. The highest BCUT2D eigenvalue weighted by atomic mass is 35.5. The second-order valence-corrected chi connectivity index (χ2v) is 6.74. The maximum atomic E-state index is 12.9. The van der Waals surface area contributed by atoms with Crippen molar-refractivity contribution in [2.24, 2.45) is 0 Å². The summed E-state index contributed by atoms with van der Waals surface area (Å²) in [6.45, 7) is 1.88. The van der Waals surface area contributed by atoms with E-state index >= 15 is 0 Å². The molecule has 0 fully saturated rings. The van der Waals surface area contributed by atoms with E-state index in [9.17, 15) is 9.59 Å². The molecule has 2 aromatic carbocycles. The molecule has 5 nitrogen and oxygen atoms in total. The van der Waals surface area contributed by atoms with E-state index in [1.54, 1.807) is 37.4 Å². The molecule has 0 heterocycles. The summed E-state index contributed by atoms with van der Waals surface area (Å²) in [4.78, 5) is 26.6. The Morgan fingerprint density at radius 2 is 1.78 bits per heavy atom. The highest BCUT2D eigenvalue weighted by Crippen LogP contribution is 2.20. The molecule has 0 unspecified atom stereocenters. The molecule has 2 aromatic rings. The molecular formula is C20H22Cl2N2O3. The van der Waals surface area contributed by atoms with Crippen LogP contribution >= 0.6 is 23.2 Å². The van der Waals surface area contributed by atoms with Crippen molar-refractivity contribution in [1.82, 2.24) is 10.2 Å². The third kappa shape index (κ3) is 5.88. The maximum absolute atomic E-state index is 12.9. The van der Waals surface area contributed by atoms with E-state index in [0.29, 0.717) is 22.2 Å². The smallest absolute Gasteiger partial charge is 0.261 e. The minimum Gasteiger partial charge on any atom is -0.484 e. The lowest BCUT2D eigenvalue weighted by molar-refractivity contribution is -0.142. The van der Waals surface area contributed by atoms with Crippen molar-refractivity contribution < 1.29 is 14.3 Å². The van der Waals surface area contributed by atoms with Crippen LogP contribution in [0, 0.1) is 0 Å². The lowest BCUT2D eigenvalue weighted by Gasteiger charge is -2.30. The lowest BCUT2D eigenvalue weighted by Crippen LogP contribution is -2.49. The van der Waals surface area contributed by atoms with Crippen LogP contribution in [0.2, 0.25) is 10.0 Å². The zero-order valence-corrected chi connectivity index (χ0v) is 16.8. The number of halogens is 2. The van der Waals surface area contributed by atoms with Gasteiger partial charge < -0.3 is 15.0 Å². The molecule has 2 amide bonds. The lowest BCUT2D eigenvalue weighted by atomic mass is 10.1. The van der Waals surface area contributed by atoms with Crippen molar-refractivity contribution in [3.8, 4) is 5.75 Å². The van der Waals surface area contributed by atoms with Crippen LogP contribution in [0.1, 0.15) is 18.9 Å². The van der Waals surface area contributed by atoms with Gasteiger partial charge in [0.2, 0.25) is 5.91 Å². The van der Waals surface area contributed by atoms with Crippen molar-refractivity contribution >= 4 is 35.0 Å². The molecule has 1 atom stereocenters. The summed E-state index contributed by atoms with van der Waals surface area (Å²) in [7, 11) is 1.55. The van der Waals surface area contributed by atoms with E-state index in [0.717, 1.165) is 5.56 Å². The van der Waals surface area contributed by atoms with Crippen molar-refractivity contribution in [3.05, 3.63) is 64.1 Å². The zero-order chi connectivity index (χ0) is 19.8. The van der Waals surface area contributed by atoms with Gasteiger partial charge in [0.1, 0.15) is 11.8 Å². The highest BCUT2D eigenvalue weighted by molar-refractivity contribution is 6.31. The van der Waals surface area contributed by atoms with Gasteiger partial charge in [-0.3, -0.25) is 9.59 Å². The number of carbonyl (C=O) groups is 2. The quantitative estimate of drug-likeness (QED) is 0.719. The molecule has 0 saturated carbocycles. The van der Waals surface area contributed by atoms with E-state index in [1.807, 2.05) is 25.1 Å². The van der Waals surface area contributed by atoms with Crippen LogP contribution in [0.3, 0.4) is 0 Å². The van der Waals surface area contributed by atoms with Gasteiger partial charge in [0, 0.05) is 23.6 Å². The second-order valence-electron chi connectivity index (χ2n) is 5.89. The van der Waals surface area contributed by atoms with Gasteiger partial charge in [0.25, 0.3) is 5.91 Å². The topological polar surface area (TPSA) is 58.6 Å². The molecule has 0 aliphatic rings. The molecule has 1 N–H and O–H groups in total. The van der Waals surface area contributed by atoms with Crippen LogP contribution in [-0.2, 0) is 16.1 Å². The van der Waals surface area contributed by atoms with Gasteiger partial charge >= 0.3 is 0 Å². The van der Waals surface area contributed by atoms with Crippen LogP contribution in [0.4, 0.5) is 0 Å². The number of hydrogen-bond acceptors (Lipinski definition) is 3. The minimum atomic E-state index is -0.618. The van der Waals surface area contributed by atoms with Gasteiger partial charge in [-0.25, -0.2) is 0 Å². The second kappa shape index (κ2) is 10.2. The van der Waals surface area contributed by atoms with Crippen LogP contribution in [0.5, 0.6) is 5.75 Å². The molecule has 0 aromatic heterocycles. The van der Waals surface area contributed by atoms with Crippen molar-refractivity contribution in [2.45, 2.75) is 25.9 Å². The number of carbonyl (C=O) groups excluding carboxylic acids is 2. The third-order valence-electron chi connectivity index (χ3n) is 4.11. The summed E-state index contributed by atoms with van der Waals surface area (Å²) in [5, 5.41) is 3.74. The largest absolute Gasteiger partial charge is 0.484 e. The normalized spacial score (nSPS) is 11.6. The number of likely N-dealkylation sites (N-methyl/N-ethyl adjacent to an activating group) is 1. The molecule has 0 bridgehead atoms. The number of benzene rings is 2. The van der Waals surface area contributed by atoms with Gasteiger partial charge in [-0.2, -0.15) is 0 Å². The Morgan fingerprint density at radius 3 is 2.37 bits per heavy atom. The molecule has 27 heavy (non-hydrogen) atoms. The molecule has 144 valence electrons. The van der Waals surface area contributed by atoms with Gasteiger partial charge in [0.05, 0.1) is 0 Å². The predicted octanol–water partition coefficient (Wildman–Crippen LogP) is 3.93. The fourth-order valence-corrected chi connectivity index (χ4v) is 2.98. The maximum Gasteiger partial charge on any atom is 0.261 e. The zero-order valence-electron chi connectivity index (χ0n) is 15.2. The Hall–Kier alpha value is -2.24. The standard InChI is InChI=1S/C20H22Cl2N2O3/c1-3-18(20(26)23-2)24(12-14-6-4-5-7-17(14)22)19(25)13-27-16-10-8-15(21)9-11-16/h4-11,18H,3,12-13H2,1-2H3,(H,23,26)/t18-/m0/s1. The highest BCUT2D eigenvalue weighted by Gasteiger charge is 2.28. The Bertz CT molecular complexity index is 781. The molecule has 2 rings (SSSR count). The van der Waals surface area contributed by atoms with E-state index in [4.69, 9.17) is 27.9 Å². The minimum absolute atomic E-state index is 0.195. The Labute approximate surface area is 169 Å². The van der Waals surface area contributed by atoms with Gasteiger partial charge in [-0.1, -0.05) is 48.3 Å². The first-order chi connectivity index (χ1) is 13.0. The van der Waals surface area contributed by atoms with Crippen molar-refractivity contribution in [2.75, 3.05) is 13.7 Å². The fourth-order valence-electron chi connectivity index (χ4n) is 2.66. The number of nitrogens with zero attached hydrogens (tertiary/aromatic N) is 1. The Morgan fingerprint density at radius 1 is 1.11 bits per heavy atom. The first kappa shape index (κ1) is 21.1. The average molecular weight is 409 g/mol. The summed E-state index contributed by atoms with van der Waals surface area (Å²) in [5.74, 6) is -0.0110. The van der Waals surface area contributed by atoms with Gasteiger partial charge in [-0.15, -0.1) is 0 Å². The van der Waals surface area contributed by atoms with E-state index < -0.39 is 6.04 Å².